The third kappa shape index (κ3) is 6.45. The molecule has 0 atom stereocenters. The van der Waals surface area contributed by atoms with Crippen molar-refractivity contribution in [3.63, 3.8) is 0 Å². The van der Waals surface area contributed by atoms with E-state index in [4.69, 9.17) is 4.42 Å². The van der Waals surface area contributed by atoms with Gasteiger partial charge >= 0.3 is 0 Å². The van der Waals surface area contributed by atoms with Crippen molar-refractivity contribution in [3.05, 3.63) is 182 Å². The van der Waals surface area contributed by atoms with Crippen LogP contribution in [0.2, 0.25) is 0 Å². The molecule has 3 heterocycles. The standard InChI is InChI=1S/C33H20NO.C12H10N.Ir/c1-2-9-22(10-3-1)29-21-23(16-17-26(29)30-14-6-7-20-34-30)24-12-8-13-27-25(24)18-19-32-33(27)28-11-4-5-15-31(28)35-32;1-10-7-8-12(13-9-10)11-5-3-2-4-6-11;/h1-16,18-21H;2-5,7-9H,1H3;/q2*-1;. The molecule has 0 unspecified atom stereocenters. The maximum atomic E-state index is 6.13. The van der Waals surface area contributed by atoms with Crippen molar-refractivity contribution in [2.45, 2.75) is 6.92 Å². The van der Waals surface area contributed by atoms with Gasteiger partial charge in [0.15, 0.2) is 0 Å². The van der Waals surface area contributed by atoms with Crippen LogP contribution in [0.15, 0.2) is 168 Å². The second-order valence-electron chi connectivity index (χ2n) is 11.7. The van der Waals surface area contributed by atoms with Gasteiger partial charge in [-0.1, -0.05) is 119 Å². The Morgan fingerprint density at radius 1 is 0.551 bits per heavy atom. The number of fused-ring (bicyclic) bond motifs is 5. The molecular weight excluding hydrogens is 777 g/mol. The summed E-state index contributed by atoms with van der Waals surface area (Å²) >= 11 is 0. The molecule has 0 spiro atoms. The molecule has 0 N–H and O–H groups in total. The van der Waals surface area contributed by atoms with Gasteiger partial charge in [-0.15, -0.1) is 59.7 Å². The second kappa shape index (κ2) is 14.2. The molecule has 0 saturated heterocycles. The van der Waals surface area contributed by atoms with Gasteiger partial charge in [-0.2, -0.15) is 0 Å². The molecule has 0 fully saturated rings. The summed E-state index contributed by atoms with van der Waals surface area (Å²) in [6.45, 7) is 2.03. The van der Waals surface area contributed by atoms with Crippen molar-refractivity contribution in [2.24, 2.45) is 0 Å². The maximum absolute atomic E-state index is 6.13. The molecule has 6 aromatic carbocycles. The Balaban J connectivity index is 0.000000228. The smallest absolute Gasteiger partial charge is 0.136 e. The summed E-state index contributed by atoms with van der Waals surface area (Å²) in [5.74, 6) is 0. The van der Waals surface area contributed by atoms with Crippen LogP contribution in [0.5, 0.6) is 0 Å². The van der Waals surface area contributed by atoms with Crippen LogP contribution in [0.1, 0.15) is 5.56 Å². The van der Waals surface area contributed by atoms with Crippen LogP contribution in [0.3, 0.4) is 0 Å². The van der Waals surface area contributed by atoms with E-state index in [1.165, 1.54) is 21.9 Å². The van der Waals surface area contributed by atoms with E-state index in [0.717, 1.165) is 61.1 Å². The minimum absolute atomic E-state index is 0. The molecule has 49 heavy (non-hydrogen) atoms. The number of rotatable bonds is 4. The molecule has 0 bridgehead atoms. The van der Waals surface area contributed by atoms with E-state index in [9.17, 15) is 0 Å². The van der Waals surface area contributed by atoms with Gasteiger partial charge in [-0.25, -0.2) is 0 Å². The second-order valence-corrected chi connectivity index (χ2v) is 11.7. The van der Waals surface area contributed by atoms with Crippen LogP contribution in [0, 0.1) is 19.1 Å². The first-order valence-electron chi connectivity index (χ1n) is 16.0. The summed E-state index contributed by atoms with van der Waals surface area (Å²) in [6, 6.07) is 58.5. The van der Waals surface area contributed by atoms with Gasteiger partial charge < -0.3 is 14.4 Å². The number of nitrogens with zero attached hydrogens (tertiary/aromatic N) is 2. The normalized spacial score (nSPS) is 10.8. The van der Waals surface area contributed by atoms with E-state index < -0.39 is 0 Å². The van der Waals surface area contributed by atoms with Gasteiger partial charge in [0.2, 0.25) is 0 Å². The average Bonchev–Trinajstić information content (AvgIpc) is 3.55. The predicted molar refractivity (Wildman–Crippen MR) is 197 cm³/mol. The van der Waals surface area contributed by atoms with Crippen LogP contribution in [0.25, 0.3) is 77.5 Å². The van der Waals surface area contributed by atoms with Gasteiger partial charge in [0.05, 0.1) is 0 Å². The number of benzene rings is 6. The molecule has 9 aromatic rings. The summed E-state index contributed by atoms with van der Waals surface area (Å²) in [6.07, 6.45) is 3.70. The summed E-state index contributed by atoms with van der Waals surface area (Å²) in [7, 11) is 0. The van der Waals surface area contributed by atoms with E-state index in [2.05, 4.69) is 107 Å². The van der Waals surface area contributed by atoms with Crippen molar-refractivity contribution >= 4 is 32.7 Å². The first kappa shape index (κ1) is 31.9. The number of aromatic nitrogens is 2. The quantitative estimate of drug-likeness (QED) is 0.166. The van der Waals surface area contributed by atoms with E-state index in [1.54, 1.807) is 0 Å². The molecule has 0 saturated carbocycles. The number of hydrogen-bond donors (Lipinski definition) is 0. The molecule has 1 radical (unpaired) electrons. The third-order valence-electron chi connectivity index (χ3n) is 8.55. The van der Waals surface area contributed by atoms with Gasteiger partial charge in [-0.3, -0.25) is 0 Å². The van der Waals surface area contributed by atoms with Gasteiger partial charge in [0.25, 0.3) is 0 Å². The molecule has 0 aliphatic carbocycles. The third-order valence-corrected chi connectivity index (χ3v) is 8.55. The summed E-state index contributed by atoms with van der Waals surface area (Å²) in [5.41, 5.74) is 11.5. The number of aryl methyl sites for hydroxylation is 1. The SMILES string of the molecule is Cc1ccc(-c2[c-]cccc2)nc1.[Ir].[c-]1cc(-c2cccc3c2ccc2oc4ccccc4c23)cc(-c2ccccc2)c1-c1ccccn1. The molecule has 4 heteroatoms. The minimum atomic E-state index is 0. The Kier molecular flexibility index (Phi) is 9.25. The molecule has 3 nitrogen and oxygen atoms in total. The summed E-state index contributed by atoms with van der Waals surface area (Å²) in [4.78, 5) is 8.92. The van der Waals surface area contributed by atoms with Crippen LogP contribution in [-0.4, -0.2) is 9.97 Å². The molecular formula is C45H30IrN2O-2. The summed E-state index contributed by atoms with van der Waals surface area (Å²) in [5, 5.41) is 4.70. The van der Waals surface area contributed by atoms with Crippen molar-refractivity contribution in [1.82, 2.24) is 9.97 Å². The van der Waals surface area contributed by atoms with Crippen molar-refractivity contribution < 1.29 is 24.5 Å². The van der Waals surface area contributed by atoms with Crippen LogP contribution < -0.4 is 0 Å². The van der Waals surface area contributed by atoms with E-state index in [1.807, 2.05) is 86.0 Å². The van der Waals surface area contributed by atoms with Crippen molar-refractivity contribution in [2.75, 3.05) is 0 Å². The molecule has 0 aliphatic heterocycles. The molecule has 3 aromatic heterocycles. The van der Waals surface area contributed by atoms with Crippen molar-refractivity contribution in [3.8, 4) is 44.8 Å². The Labute approximate surface area is 299 Å². The molecule has 0 aliphatic rings. The zero-order chi connectivity index (χ0) is 32.3. The Bertz CT molecular complexity index is 2490. The van der Waals surface area contributed by atoms with Gasteiger partial charge in [-0.05, 0) is 52.8 Å². The number of hydrogen-bond acceptors (Lipinski definition) is 3. The topological polar surface area (TPSA) is 38.9 Å². The van der Waals surface area contributed by atoms with E-state index in [-0.39, 0.29) is 20.1 Å². The largest absolute Gasteiger partial charge is 0.456 e. The zero-order valence-corrected chi connectivity index (χ0v) is 29.1. The van der Waals surface area contributed by atoms with Gasteiger partial charge in [0, 0.05) is 43.3 Å². The molecule has 237 valence electrons. The van der Waals surface area contributed by atoms with Crippen molar-refractivity contribution in [1.29, 1.82) is 0 Å². The number of pyridine rings is 2. The molecule has 0 amide bonds. The Morgan fingerprint density at radius 2 is 1.37 bits per heavy atom. The Hall–Kier alpha value is -5.67. The minimum Gasteiger partial charge on any atom is -0.456 e. The fourth-order valence-corrected chi connectivity index (χ4v) is 6.23. The van der Waals surface area contributed by atoms with Crippen LogP contribution in [-0.2, 0) is 20.1 Å². The zero-order valence-electron chi connectivity index (χ0n) is 26.7. The number of furan rings is 1. The number of para-hydroxylation sites is 1. The average molecular weight is 807 g/mol. The predicted octanol–water partition coefficient (Wildman–Crippen LogP) is 11.8. The fourth-order valence-electron chi connectivity index (χ4n) is 6.23. The van der Waals surface area contributed by atoms with E-state index in [0.29, 0.717) is 0 Å². The van der Waals surface area contributed by atoms with E-state index >= 15 is 0 Å². The van der Waals surface area contributed by atoms with Gasteiger partial charge in [0.1, 0.15) is 11.2 Å². The van der Waals surface area contributed by atoms with Crippen LogP contribution >= 0.6 is 0 Å². The molecule has 9 rings (SSSR count). The first-order chi connectivity index (χ1) is 23.7. The fraction of sp³-hybridized carbons (Fsp3) is 0.0222. The summed E-state index contributed by atoms with van der Waals surface area (Å²) < 4.78 is 6.13. The van der Waals surface area contributed by atoms with Crippen LogP contribution in [0.4, 0.5) is 0 Å². The maximum Gasteiger partial charge on any atom is 0.136 e. The Morgan fingerprint density at radius 3 is 2.16 bits per heavy atom. The first-order valence-corrected chi connectivity index (χ1v) is 16.0. The monoisotopic (exact) mass is 807 g/mol.